The second-order valence-corrected chi connectivity index (χ2v) is 7.75. The Labute approximate surface area is 202 Å². The van der Waals surface area contributed by atoms with Crippen LogP contribution >= 0.6 is 11.6 Å². The summed E-state index contributed by atoms with van der Waals surface area (Å²) in [5.41, 5.74) is 5.72. The quantitative estimate of drug-likeness (QED) is 0.270. The molecule has 0 aromatic heterocycles. The molecule has 0 aliphatic heterocycles. The Morgan fingerprint density at radius 1 is 0.941 bits per heavy atom. The normalized spacial score (nSPS) is 10.6. The second kappa shape index (κ2) is 11.6. The van der Waals surface area contributed by atoms with E-state index in [1.165, 1.54) is 6.21 Å². The van der Waals surface area contributed by atoms with Crippen LogP contribution in [0.1, 0.15) is 16.7 Å². The number of benzene rings is 3. The Kier molecular flexibility index (Phi) is 8.37. The number of hydrazone groups is 1. The molecule has 0 unspecified atom stereocenters. The zero-order chi connectivity index (χ0) is 24.5. The summed E-state index contributed by atoms with van der Waals surface area (Å²) in [6.45, 7) is 3.52. The Balaban J connectivity index is 1.44. The molecule has 0 saturated carbocycles. The molecule has 9 heteroatoms. The summed E-state index contributed by atoms with van der Waals surface area (Å²) in [7, 11) is 0. The van der Waals surface area contributed by atoms with Gasteiger partial charge in [-0.05, 0) is 79.1 Å². The van der Waals surface area contributed by atoms with E-state index < -0.39 is 11.8 Å². The first-order chi connectivity index (χ1) is 16.3. The number of ether oxygens (including phenoxy) is 1. The first kappa shape index (κ1) is 24.5. The summed E-state index contributed by atoms with van der Waals surface area (Å²) in [4.78, 5) is 36.0. The minimum Gasteiger partial charge on any atom is -0.484 e. The van der Waals surface area contributed by atoms with Crippen LogP contribution in [0.25, 0.3) is 0 Å². The molecule has 0 bridgehead atoms. The van der Waals surface area contributed by atoms with Gasteiger partial charge in [0, 0.05) is 16.4 Å². The van der Waals surface area contributed by atoms with Crippen LogP contribution in [0.4, 0.5) is 11.4 Å². The molecule has 3 aromatic carbocycles. The summed E-state index contributed by atoms with van der Waals surface area (Å²) in [6, 6.07) is 19.1. The molecule has 0 fully saturated rings. The van der Waals surface area contributed by atoms with Crippen LogP contribution in [0.5, 0.6) is 5.75 Å². The van der Waals surface area contributed by atoms with Crippen LogP contribution < -0.4 is 20.8 Å². The third-order valence-corrected chi connectivity index (χ3v) is 5.06. The number of rotatable bonds is 7. The molecule has 3 aromatic rings. The average molecular weight is 479 g/mol. The fourth-order valence-electron chi connectivity index (χ4n) is 2.86. The number of hydrogen-bond acceptors (Lipinski definition) is 5. The molecule has 34 heavy (non-hydrogen) atoms. The van der Waals surface area contributed by atoms with Gasteiger partial charge in [-0.15, -0.1) is 0 Å². The van der Waals surface area contributed by atoms with Gasteiger partial charge in [-0.3, -0.25) is 14.4 Å². The lowest BCUT2D eigenvalue weighted by Gasteiger charge is -2.10. The van der Waals surface area contributed by atoms with E-state index in [0.29, 0.717) is 27.7 Å². The molecule has 0 heterocycles. The van der Waals surface area contributed by atoms with E-state index in [4.69, 9.17) is 16.3 Å². The van der Waals surface area contributed by atoms with Gasteiger partial charge in [0.05, 0.1) is 6.21 Å². The van der Waals surface area contributed by atoms with Gasteiger partial charge in [-0.25, -0.2) is 5.43 Å². The van der Waals surface area contributed by atoms with E-state index in [2.05, 4.69) is 21.2 Å². The van der Waals surface area contributed by atoms with Crippen molar-refractivity contribution in [3.8, 4) is 5.75 Å². The highest BCUT2D eigenvalue weighted by atomic mass is 35.5. The molecule has 0 radical (unpaired) electrons. The topological polar surface area (TPSA) is 109 Å². The van der Waals surface area contributed by atoms with Crippen LogP contribution in [0.3, 0.4) is 0 Å². The predicted molar refractivity (Wildman–Crippen MR) is 132 cm³/mol. The maximum Gasteiger partial charge on any atom is 0.329 e. The first-order valence-electron chi connectivity index (χ1n) is 10.3. The van der Waals surface area contributed by atoms with Crippen molar-refractivity contribution in [2.45, 2.75) is 13.8 Å². The number of nitrogens with one attached hydrogen (secondary N) is 3. The smallest absolute Gasteiger partial charge is 0.329 e. The maximum atomic E-state index is 12.1. The molecular weight excluding hydrogens is 456 g/mol. The summed E-state index contributed by atoms with van der Waals surface area (Å²) < 4.78 is 5.49. The molecular formula is C25H23ClN4O4. The van der Waals surface area contributed by atoms with Gasteiger partial charge < -0.3 is 15.4 Å². The van der Waals surface area contributed by atoms with E-state index in [9.17, 15) is 14.4 Å². The molecule has 8 nitrogen and oxygen atoms in total. The van der Waals surface area contributed by atoms with E-state index in [-0.39, 0.29) is 12.5 Å². The Morgan fingerprint density at radius 2 is 1.68 bits per heavy atom. The van der Waals surface area contributed by atoms with Crippen LogP contribution in [0.15, 0.2) is 71.8 Å². The van der Waals surface area contributed by atoms with Gasteiger partial charge in [0.1, 0.15) is 5.75 Å². The molecule has 0 saturated heterocycles. The van der Waals surface area contributed by atoms with Crippen LogP contribution in [-0.4, -0.2) is 30.5 Å². The van der Waals surface area contributed by atoms with E-state index in [1.54, 1.807) is 60.7 Å². The highest BCUT2D eigenvalue weighted by Crippen LogP contribution is 2.22. The Hall–Kier alpha value is -4.17. The van der Waals surface area contributed by atoms with Crippen molar-refractivity contribution in [2.24, 2.45) is 5.10 Å². The van der Waals surface area contributed by atoms with Crippen LogP contribution in [0.2, 0.25) is 5.02 Å². The lowest BCUT2D eigenvalue weighted by atomic mass is 10.2. The molecule has 3 rings (SSSR count). The minimum absolute atomic E-state index is 0.175. The van der Waals surface area contributed by atoms with Gasteiger partial charge >= 0.3 is 11.8 Å². The van der Waals surface area contributed by atoms with Crippen molar-refractivity contribution in [3.63, 3.8) is 0 Å². The molecule has 174 valence electrons. The van der Waals surface area contributed by atoms with Crippen LogP contribution in [-0.2, 0) is 14.4 Å². The van der Waals surface area contributed by atoms with Crippen molar-refractivity contribution >= 4 is 46.9 Å². The standard InChI is InChI=1S/C25H23ClN4O4/c1-16-5-3-6-19(13-16)28-24(32)25(33)30-27-14-18-9-11-20(12-10-18)34-15-23(31)29-22-8-4-7-21(26)17(22)2/h3-14H,15H2,1-2H3,(H,28,32)(H,29,31)(H,30,33)/b27-14-. The maximum absolute atomic E-state index is 12.1. The summed E-state index contributed by atoms with van der Waals surface area (Å²) >= 11 is 6.06. The number of halogens is 1. The molecule has 0 aliphatic rings. The average Bonchev–Trinajstić information content (AvgIpc) is 2.81. The van der Waals surface area contributed by atoms with E-state index >= 15 is 0 Å². The number of amides is 3. The van der Waals surface area contributed by atoms with Gasteiger partial charge in [-0.1, -0.05) is 29.8 Å². The highest BCUT2D eigenvalue weighted by Gasteiger charge is 2.12. The summed E-state index contributed by atoms with van der Waals surface area (Å²) in [6.07, 6.45) is 1.39. The SMILES string of the molecule is Cc1cccc(NC(=O)C(=O)N/N=C\c2ccc(OCC(=O)Nc3cccc(Cl)c3C)cc2)c1. The van der Waals surface area contributed by atoms with Crippen molar-refractivity contribution in [3.05, 3.63) is 88.4 Å². The van der Waals surface area contributed by atoms with Crippen molar-refractivity contribution < 1.29 is 19.1 Å². The first-order valence-corrected chi connectivity index (χ1v) is 10.7. The van der Waals surface area contributed by atoms with Crippen LogP contribution in [0, 0.1) is 13.8 Å². The van der Waals surface area contributed by atoms with Gasteiger partial charge in [-0.2, -0.15) is 5.10 Å². The highest BCUT2D eigenvalue weighted by molar-refractivity contribution is 6.39. The van der Waals surface area contributed by atoms with E-state index in [1.807, 2.05) is 19.9 Å². The van der Waals surface area contributed by atoms with Gasteiger partial charge in [0.2, 0.25) is 0 Å². The molecule has 3 N–H and O–H groups in total. The Morgan fingerprint density at radius 3 is 2.41 bits per heavy atom. The monoisotopic (exact) mass is 478 g/mol. The number of hydrogen-bond donors (Lipinski definition) is 3. The Bertz CT molecular complexity index is 1230. The third-order valence-electron chi connectivity index (χ3n) is 4.65. The predicted octanol–water partition coefficient (Wildman–Crippen LogP) is 4.06. The summed E-state index contributed by atoms with van der Waals surface area (Å²) in [5.74, 6) is -1.55. The molecule has 3 amide bonds. The number of carbonyl (C=O) groups excluding carboxylic acids is 3. The van der Waals surface area contributed by atoms with Crippen molar-refractivity contribution in [1.29, 1.82) is 0 Å². The fourth-order valence-corrected chi connectivity index (χ4v) is 3.03. The molecule has 0 aliphatic carbocycles. The fraction of sp³-hybridized carbons (Fsp3) is 0.120. The largest absolute Gasteiger partial charge is 0.484 e. The molecule has 0 spiro atoms. The van der Waals surface area contributed by atoms with Crippen molar-refractivity contribution in [2.75, 3.05) is 17.2 Å². The zero-order valence-corrected chi connectivity index (χ0v) is 19.3. The number of carbonyl (C=O) groups is 3. The lowest BCUT2D eigenvalue weighted by Crippen LogP contribution is -2.32. The van der Waals surface area contributed by atoms with Crippen molar-refractivity contribution in [1.82, 2.24) is 5.43 Å². The third kappa shape index (κ3) is 7.18. The van der Waals surface area contributed by atoms with Gasteiger partial charge in [0.25, 0.3) is 5.91 Å². The lowest BCUT2D eigenvalue weighted by molar-refractivity contribution is -0.136. The second-order valence-electron chi connectivity index (χ2n) is 7.34. The van der Waals surface area contributed by atoms with Gasteiger partial charge in [0.15, 0.2) is 6.61 Å². The zero-order valence-electron chi connectivity index (χ0n) is 18.6. The van der Waals surface area contributed by atoms with E-state index in [0.717, 1.165) is 11.1 Å². The number of nitrogens with zero attached hydrogens (tertiary/aromatic N) is 1. The number of anilines is 2. The molecule has 0 atom stereocenters. The summed E-state index contributed by atoms with van der Waals surface area (Å²) in [5, 5.41) is 9.61. The minimum atomic E-state index is -0.890. The number of aryl methyl sites for hydroxylation is 1.